The lowest BCUT2D eigenvalue weighted by atomic mass is 10.0. The molecule has 2 atom stereocenters. The van der Waals surface area contributed by atoms with Gasteiger partial charge in [0.05, 0.1) is 0 Å². The molecule has 1 heterocycles. The summed E-state index contributed by atoms with van der Waals surface area (Å²) in [5, 5.41) is 3.84. The second kappa shape index (κ2) is 7.80. The number of rotatable bonds is 5. The van der Waals surface area contributed by atoms with Crippen LogP contribution in [0.15, 0.2) is 24.3 Å². The Morgan fingerprint density at radius 1 is 1.30 bits per heavy atom. The highest BCUT2D eigenvalue weighted by Crippen LogP contribution is 2.18. The van der Waals surface area contributed by atoms with Crippen molar-refractivity contribution in [3.05, 3.63) is 35.4 Å². The van der Waals surface area contributed by atoms with Gasteiger partial charge in [0.25, 0.3) is 0 Å². The summed E-state index contributed by atoms with van der Waals surface area (Å²) in [7, 11) is 0. The Labute approximate surface area is 124 Å². The van der Waals surface area contributed by atoms with Crippen LogP contribution in [0, 0.1) is 6.92 Å². The molecule has 0 bridgehead atoms. The predicted molar refractivity (Wildman–Crippen MR) is 87.1 cm³/mol. The standard InChI is InChI=1S/C18H30N2/c1-4-11-20-12-6-9-18(10-13-20)19-16(3)17-8-5-7-15(2)14-17/h5,7-8,14,16,18-19H,4,6,9-13H2,1-3H3/t16-,18?/m0/s1. The van der Waals surface area contributed by atoms with E-state index in [2.05, 4.69) is 55.3 Å². The van der Waals surface area contributed by atoms with Crippen LogP contribution in [0.1, 0.15) is 56.7 Å². The molecule has 1 aliphatic heterocycles. The Balaban J connectivity index is 1.86. The Morgan fingerprint density at radius 2 is 2.15 bits per heavy atom. The summed E-state index contributed by atoms with van der Waals surface area (Å²) in [5.41, 5.74) is 2.77. The van der Waals surface area contributed by atoms with Gasteiger partial charge in [-0.15, -0.1) is 0 Å². The maximum absolute atomic E-state index is 3.84. The lowest BCUT2D eigenvalue weighted by Crippen LogP contribution is -2.33. The van der Waals surface area contributed by atoms with Crippen LogP contribution in [0.4, 0.5) is 0 Å². The SMILES string of the molecule is CCCN1CCCC(N[C@@H](C)c2cccc(C)c2)CC1. The summed E-state index contributed by atoms with van der Waals surface area (Å²) in [5.74, 6) is 0. The van der Waals surface area contributed by atoms with Crippen LogP contribution >= 0.6 is 0 Å². The highest BCUT2D eigenvalue weighted by molar-refractivity contribution is 5.24. The van der Waals surface area contributed by atoms with Crippen LogP contribution in [0.3, 0.4) is 0 Å². The molecular weight excluding hydrogens is 244 g/mol. The topological polar surface area (TPSA) is 15.3 Å². The first-order valence-electron chi connectivity index (χ1n) is 8.24. The van der Waals surface area contributed by atoms with Gasteiger partial charge in [-0.3, -0.25) is 0 Å². The van der Waals surface area contributed by atoms with Crippen LogP contribution in [-0.4, -0.2) is 30.6 Å². The highest BCUT2D eigenvalue weighted by Gasteiger charge is 2.18. The van der Waals surface area contributed by atoms with E-state index in [4.69, 9.17) is 0 Å². The zero-order valence-electron chi connectivity index (χ0n) is 13.4. The molecule has 0 radical (unpaired) electrons. The summed E-state index contributed by atoms with van der Waals surface area (Å²) in [6.07, 6.45) is 5.21. The number of benzene rings is 1. The Morgan fingerprint density at radius 3 is 2.90 bits per heavy atom. The van der Waals surface area contributed by atoms with Crippen LogP contribution in [0.2, 0.25) is 0 Å². The fourth-order valence-corrected chi connectivity index (χ4v) is 3.25. The number of aryl methyl sites for hydroxylation is 1. The maximum Gasteiger partial charge on any atom is 0.0294 e. The van der Waals surface area contributed by atoms with E-state index in [-0.39, 0.29) is 0 Å². The number of likely N-dealkylation sites (tertiary alicyclic amines) is 1. The summed E-state index contributed by atoms with van der Waals surface area (Å²) in [6.45, 7) is 10.5. The minimum absolute atomic E-state index is 0.456. The fraction of sp³-hybridized carbons (Fsp3) is 0.667. The second-order valence-electron chi connectivity index (χ2n) is 6.27. The summed E-state index contributed by atoms with van der Waals surface area (Å²) < 4.78 is 0. The van der Waals surface area contributed by atoms with Crippen LogP contribution in [0.5, 0.6) is 0 Å². The molecule has 1 fully saturated rings. The quantitative estimate of drug-likeness (QED) is 0.875. The van der Waals surface area contributed by atoms with Crippen molar-refractivity contribution in [1.82, 2.24) is 10.2 Å². The average molecular weight is 274 g/mol. The molecular formula is C18H30N2. The molecule has 1 saturated heterocycles. The van der Waals surface area contributed by atoms with Crippen molar-refractivity contribution in [2.75, 3.05) is 19.6 Å². The molecule has 0 aliphatic carbocycles. The maximum atomic E-state index is 3.84. The molecule has 0 aromatic heterocycles. The van der Waals surface area contributed by atoms with Crippen molar-refractivity contribution in [1.29, 1.82) is 0 Å². The number of nitrogens with zero attached hydrogens (tertiary/aromatic N) is 1. The van der Waals surface area contributed by atoms with Gasteiger partial charge in [-0.05, 0) is 64.7 Å². The zero-order chi connectivity index (χ0) is 14.4. The van der Waals surface area contributed by atoms with Gasteiger partial charge in [-0.1, -0.05) is 36.8 Å². The molecule has 112 valence electrons. The van der Waals surface area contributed by atoms with E-state index in [1.54, 1.807) is 0 Å². The fourth-order valence-electron chi connectivity index (χ4n) is 3.25. The normalized spacial score (nSPS) is 22.4. The third kappa shape index (κ3) is 4.60. The summed E-state index contributed by atoms with van der Waals surface area (Å²) in [4.78, 5) is 2.62. The van der Waals surface area contributed by atoms with Crippen molar-refractivity contribution >= 4 is 0 Å². The lowest BCUT2D eigenvalue weighted by Gasteiger charge is -2.23. The van der Waals surface area contributed by atoms with Gasteiger partial charge < -0.3 is 10.2 Å². The van der Waals surface area contributed by atoms with E-state index >= 15 is 0 Å². The molecule has 1 aromatic carbocycles. The number of nitrogens with one attached hydrogen (secondary N) is 1. The number of hydrogen-bond acceptors (Lipinski definition) is 2. The first-order chi connectivity index (χ1) is 9.69. The van der Waals surface area contributed by atoms with E-state index in [9.17, 15) is 0 Å². The van der Waals surface area contributed by atoms with Crippen LogP contribution in [0.25, 0.3) is 0 Å². The molecule has 2 nitrogen and oxygen atoms in total. The molecule has 0 spiro atoms. The van der Waals surface area contributed by atoms with E-state index in [1.165, 1.54) is 56.4 Å². The van der Waals surface area contributed by atoms with Crippen molar-refractivity contribution < 1.29 is 0 Å². The highest BCUT2D eigenvalue weighted by atomic mass is 15.1. The predicted octanol–water partition coefficient (Wildman–Crippen LogP) is 3.91. The van der Waals surface area contributed by atoms with Crippen molar-refractivity contribution in [2.45, 2.75) is 58.5 Å². The Bertz CT molecular complexity index is 402. The molecule has 20 heavy (non-hydrogen) atoms. The second-order valence-corrected chi connectivity index (χ2v) is 6.27. The molecule has 0 saturated carbocycles. The third-order valence-corrected chi connectivity index (χ3v) is 4.39. The zero-order valence-corrected chi connectivity index (χ0v) is 13.4. The molecule has 2 rings (SSSR count). The smallest absolute Gasteiger partial charge is 0.0294 e. The minimum atomic E-state index is 0.456. The first kappa shape index (κ1) is 15.5. The molecule has 1 aliphatic rings. The van der Waals surface area contributed by atoms with Gasteiger partial charge in [0.2, 0.25) is 0 Å². The minimum Gasteiger partial charge on any atom is -0.307 e. The van der Waals surface area contributed by atoms with E-state index < -0.39 is 0 Å². The van der Waals surface area contributed by atoms with Gasteiger partial charge in [0.15, 0.2) is 0 Å². The summed E-state index contributed by atoms with van der Waals surface area (Å²) >= 11 is 0. The lowest BCUT2D eigenvalue weighted by molar-refractivity contribution is 0.281. The Hall–Kier alpha value is -0.860. The van der Waals surface area contributed by atoms with Gasteiger partial charge in [-0.25, -0.2) is 0 Å². The third-order valence-electron chi connectivity index (χ3n) is 4.39. The van der Waals surface area contributed by atoms with Crippen LogP contribution < -0.4 is 5.32 Å². The van der Waals surface area contributed by atoms with Gasteiger partial charge in [0.1, 0.15) is 0 Å². The largest absolute Gasteiger partial charge is 0.307 e. The number of hydrogen-bond donors (Lipinski definition) is 1. The van der Waals surface area contributed by atoms with E-state index in [0.717, 1.165) is 0 Å². The first-order valence-corrected chi connectivity index (χ1v) is 8.24. The van der Waals surface area contributed by atoms with Crippen molar-refractivity contribution in [3.8, 4) is 0 Å². The molecule has 1 aromatic rings. The molecule has 2 heteroatoms. The molecule has 1 unspecified atom stereocenters. The van der Waals surface area contributed by atoms with Gasteiger partial charge >= 0.3 is 0 Å². The van der Waals surface area contributed by atoms with Crippen molar-refractivity contribution in [3.63, 3.8) is 0 Å². The van der Waals surface area contributed by atoms with Gasteiger partial charge in [-0.2, -0.15) is 0 Å². The molecule has 1 N–H and O–H groups in total. The molecule has 0 amide bonds. The van der Waals surface area contributed by atoms with E-state index in [1.807, 2.05) is 0 Å². The summed E-state index contributed by atoms with van der Waals surface area (Å²) in [6, 6.07) is 10.0. The van der Waals surface area contributed by atoms with Gasteiger partial charge in [0, 0.05) is 12.1 Å². The Kier molecular flexibility index (Phi) is 6.06. The van der Waals surface area contributed by atoms with E-state index in [0.29, 0.717) is 12.1 Å². The average Bonchev–Trinajstić information content (AvgIpc) is 2.65. The monoisotopic (exact) mass is 274 g/mol. The van der Waals surface area contributed by atoms with Crippen molar-refractivity contribution in [2.24, 2.45) is 0 Å². The van der Waals surface area contributed by atoms with Crippen LogP contribution in [-0.2, 0) is 0 Å².